The molecule has 2 aromatic carbocycles. The number of piperazine rings is 1. The van der Waals surface area contributed by atoms with Crippen molar-refractivity contribution in [2.75, 3.05) is 43.3 Å². The minimum atomic E-state index is -3.68. The SMILES string of the molecule is Cc1ccc(S(=O)(=O)N2CCN(C(=O)[C@@H]3CN(S(C)(=O)=O)c4cc(Cl)ccc4O3)CC2)cc1. The van der Waals surface area contributed by atoms with Crippen LogP contribution in [0.1, 0.15) is 5.56 Å². The molecule has 0 aliphatic carbocycles. The average molecular weight is 514 g/mol. The van der Waals surface area contributed by atoms with E-state index < -0.39 is 32.1 Å². The number of anilines is 1. The normalized spacial score (nSPS) is 19.7. The molecule has 1 amide bonds. The number of sulfonamides is 2. The smallest absolute Gasteiger partial charge is 0.265 e. The molecule has 0 unspecified atom stereocenters. The van der Waals surface area contributed by atoms with E-state index >= 15 is 0 Å². The van der Waals surface area contributed by atoms with Gasteiger partial charge in [-0.3, -0.25) is 9.10 Å². The van der Waals surface area contributed by atoms with E-state index in [4.69, 9.17) is 16.3 Å². The van der Waals surface area contributed by atoms with Gasteiger partial charge in [0, 0.05) is 31.2 Å². The highest BCUT2D eigenvalue weighted by Crippen LogP contribution is 2.37. The topological polar surface area (TPSA) is 104 Å². The average Bonchev–Trinajstić information content (AvgIpc) is 2.77. The Morgan fingerprint density at radius 3 is 2.24 bits per heavy atom. The molecule has 0 N–H and O–H groups in total. The van der Waals surface area contributed by atoms with Crippen LogP contribution in [0.3, 0.4) is 0 Å². The van der Waals surface area contributed by atoms with E-state index in [2.05, 4.69) is 0 Å². The third kappa shape index (κ3) is 4.81. The molecule has 2 aliphatic rings. The number of rotatable bonds is 4. The molecule has 1 fully saturated rings. The van der Waals surface area contributed by atoms with Gasteiger partial charge in [-0.05, 0) is 37.3 Å². The molecule has 0 aromatic heterocycles. The number of nitrogens with zero attached hydrogens (tertiary/aromatic N) is 3. The second-order valence-corrected chi connectivity index (χ2v) is 12.3. The molecule has 2 aromatic rings. The van der Waals surface area contributed by atoms with Crippen LogP contribution in [-0.4, -0.2) is 77.0 Å². The Labute approximate surface area is 198 Å². The van der Waals surface area contributed by atoms with Crippen LogP contribution in [0.25, 0.3) is 0 Å². The monoisotopic (exact) mass is 513 g/mol. The highest BCUT2D eigenvalue weighted by Gasteiger charge is 2.39. The molecular formula is C21H24ClN3O6S2. The van der Waals surface area contributed by atoms with Gasteiger partial charge in [-0.2, -0.15) is 4.31 Å². The largest absolute Gasteiger partial charge is 0.476 e. The third-order valence-electron chi connectivity index (χ3n) is 5.68. The number of carbonyl (C=O) groups is 1. The van der Waals surface area contributed by atoms with E-state index in [9.17, 15) is 21.6 Å². The van der Waals surface area contributed by atoms with Crippen LogP contribution < -0.4 is 9.04 Å². The van der Waals surface area contributed by atoms with Gasteiger partial charge in [0.05, 0.1) is 23.4 Å². The lowest BCUT2D eigenvalue weighted by Crippen LogP contribution is -2.56. The molecule has 0 bridgehead atoms. The van der Waals surface area contributed by atoms with Gasteiger partial charge in [-0.25, -0.2) is 16.8 Å². The Balaban J connectivity index is 1.48. The number of benzene rings is 2. The molecule has 0 radical (unpaired) electrons. The lowest BCUT2D eigenvalue weighted by atomic mass is 10.2. The van der Waals surface area contributed by atoms with Crippen LogP contribution in [0.15, 0.2) is 47.4 Å². The molecule has 33 heavy (non-hydrogen) atoms. The second kappa shape index (κ2) is 8.79. The fourth-order valence-corrected chi connectivity index (χ4v) is 6.37. The van der Waals surface area contributed by atoms with Crippen LogP contribution in [0.4, 0.5) is 5.69 Å². The summed E-state index contributed by atoms with van der Waals surface area (Å²) in [5.41, 5.74) is 1.24. The Morgan fingerprint density at radius 2 is 1.64 bits per heavy atom. The molecule has 1 saturated heterocycles. The van der Waals surface area contributed by atoms with E-state index in [-0.39, 0.29) is 49.1 Å². The number of ether oxygens (including phenoxy) is 1. The van der Waals surface area contributed by atoms with Crippen LogP contribution in [0, 0.1) is 6.92 Å². The summed E-state index contributed by atoms with van der Waals surface area (Å²) in [5, 5.41) is 0.349. The summed E-state index contributed by atoms with van der Waals surface area (Å²) >= 11 is 6.01. The molecule has 178 valence electrons. The van der Waals surface area contributed by atoms with Crippen molar-refractivity contribution in [1.29, 1.82) is 0 Å². The molecule has 4 rings (SSSR count). The summed E-state index contributed by atoms with van der Waals surface area (Å²) < 4.78 is 58.8. The maximum absolute atomic E-state index is 13.2. The predicted molar refractivity (Wildman–Crippen MR) is 125 cm³/mol. The zero-order valence-electron chi connectivity index (χ0n) is 18.1. The second-order valence-electron chi connectivity index (χ2n) is 8.06. The Hall–Kier alpha value is -2.34. The van der Waals surface area contributed by atoms with Gasteiger partial charge in [0.25, 0.3) is 5.91 Å². The summed E-state index contributed by atoms with van der Waals surface area (Å²) in [6.07, 6.45) is 0.00727. The van der Waals surface area contributed by atoms with E-state index in [0.29, 0.717) is 5.02 Å². The quantitative estimate of drug-likeness (QED) is 0.616. The van der Waals surface area contributed by atoms with Gasteiger partial charge >= 0.3 is 0 Å². The van der Waals surface area contributed by atoms with Gasteiger partial charge in [-0.15, -0.1) is 0 Å². The van der Waals surface area contributed by atoms with Crippen molar-refractivity contribution in [2.24, 2.45) is 0 Å². The number of carbonyl (C=O) groups excluding carboxylic acids is 1. The Morgan fingerprint density at radius 1 is 1.00 bits per heavy atom. The molecule has 0 saturated carbocycles. The number of aryl methyl sites for hydroxylation is 1. The number of fused-ring (bicyclic) bond motifs is 1. The van der Waals surface area contributed by atoms with Crippen molar-refractivity contribution in [1.82, 2.24) is 9.21 Å². The number of hydrogen-bond acceptors (Lipinski definition) is 6. The lowest BCUT2D eigenvalue weighted by Gasteiger charge is -2.39. The van der Waals surface area contributed by atoms with Gasteiger partial charge in [0.2, 0.25) is 20.0 Å². The van der Waals surface area contributed by atoms with Crippen molar-refractivity contribution in [3.8, 4) is 5.75 Å². The fraction of sp³-hybridized carbons (Fsp3) is 0.381. The molecule has 12 heteroatoms. The first-order valence-corrected chi connectivity index (χ1v) is 13.9. The Bertz CT molecular complexity index is 1270. The van der Waals surface area contributed by atoms with E-state index in [0.717, 1.165) is 16.1 Å². The third-order valence-corrected chi connectivity index (χ3v) is 8.97. The molecule has 1 atom stereocenters. The van der Waals surface area contributed by atoms with Crippen molar-refractivity contribution in [3.05, 3.63) is 53.1 Å². The van der Waals surface area contributed by atoms with Crippen molar-refractivity contribution >= 4 is 43.2 Å². The molecule has 2 aliphatic heterocycles. The molecule has 0 spiro atoms. The zero-order valence-corrected chi connectivity index (χ0v) is 20.5. The predicted octanol–water partition coefficient (Wildman–Crippen LogP) is 1.71. The van der Waals surface area contributed by atoms with Crippen LogP contribution in [-0.2, 0) is 24.8 Å². The van der Waals surface area contributed by atoms with E-state index in [1.54, 1.807) is 30.3 Å². The number of halogens is 1. The summed E-state index contributed by atoms with van der Waals surface area (Å²) in [6, 6.07) is 11.2. The summed E-state index contributed by atoms with van der Waals surface area (Å²) in [7, 11) is -7.34. The summed E-state index contributed by atoms with van der Waals surface area (Å²) in [5.74, 6) is -0.147. The molecule has 9 nitrogen and oxygen atoms in total. The van der Waals surface area contributed by atoms with Crippen molar-refractivity contribution in [2.45, 2.75) is 17.9 Å². The first-order chi connectivity index (χ1) is 15.5. The highest BCUT2D eigenvalue weighted by molar-refractivity contribution is 7.92. The van der Waals surface area contributed by atoms with Crippen LogP contribution >= 0.6 is 11.6 Å². The highest BCUT2D eigenvalue weighted by atomic mass is 35.5. The van der Waals surface area contributed by atoms with Crippen LogP contribution in [0.2, 0.25) is 5.02 Å². The maximum atomic E-state index is 13.2. The lowest BCUT2D eigenvalue weighted by molar-refractivity contribution is -0.139. The van der Waals surface area contributed by atoms with E-state index in [1.165, 1.54) is 21.3 Å². The minimum absolute atomic E-state index is 0.136. The summed E-state index contributed by atoms with van der Waals surface area (Å²) in [6.45, 7) is 2.32. The minimum Gasteiger partial charge on any atom is -0.476 e. The number of hydrogen-bond donors (Lipinski definition) is 0. The molecular weight excluding hydrogens is 490 g/mol. The van der Waals surface area contributed by atoms with Crippen molar-refractivity contribution in [3.63, 3.8) is 0 Å². The van der Waals surface area contributed by atoms with E-state index in [1.807, 2.05) is 6.92 Å². The Kier molecular flexibility index (Phi) is 6.34. The van der Waals surface area contributed by atoms with Crippen LogP contribution in [0.5, 0.6) is 5.75 Å². The summed E-state index contributed by atoms with van der Waals surface area (Å²) in [4.78, 5) is 14.9. The fourth-order valence-electron chi connectivity index (χ4n) is 3.88. The first kappa shape index (κ1) is 23.8. The molecule has 2 heterocycles. The van der Waals surface area contributed by atoms with Gasteiger partial charge in [0.1, 0.15) is 5.75 Å². The van der Waals surface area contributed by atoms with Gasteiger partial charge < -0.3 is 9.64 Å². The first-order valence-electron chi connectivity index (χ1n) is 10.3. The van der Waals surface area contributed by atoms with Crippen molar-refractivity contribution < 1.29 is 26.4 Å². The van der Waals surface area contributed by atoms with Gasteiger partial charge in [-0.1, -0.05) is 29.3 Å². The zero-order chi connectivity index (χ0) is 24.0. The standard InChI is InChI=1S/C21H24ClN3O6S2/c1-15-3-6-17(7-4-15)33(29,30)24-11-9-23(10-12-24)21(26)20-14-25(32(2,27)28)18-13-16(22)5-8-19(18)31-20/h3-8,13,20H,9-12,14H2,1-2H3/t20-/m0/s1. The maximum Gasteiger partial charge on any atom is 0.265 e. The van der Waals surface area contributed by atoms with Gasteiger partial charge in [0.15, 0.2) is 6.10 Å². The number of amides is 1.